The number of ether oxygens (including phenoxy) is 3. The first kappa shape index (κ1) is 26.8. The average Bonchev–Trinajstić information content (AvgIpc) is 3.24. The molecule has 6 atom stereocenters. The molecule has 0 bridgehead atoms. The van der Waals surface area contributed by atoms with Gasteiger partial charge in [-0.1, -0.05) is 30.0 Å². The molecule has 3 aromatic rings. The maximum Gasteiger partial charge on any atom is 0.191 e. The zero-order valence-electron chi connectivity index (χ0n) is 22.0. The molecule has 2 aliphatic carbocycles. The minimum Gasteiger partial charge on any atom is -0.394 e. The van der Waals surface area contributed by atoms with Crippen molar-refractivity contribution in [3.8, 4) is 0 Å². The summed E-state index contributed by atoms with van der Waals surface area (Å²) in [6, 6.07) is 3.80. The van der Waals surface area contributed by atoms with Crippen molar-refractivity contribution >= 4 is 28.7 Å². The second-order valence-corrected chi connectivity index (χ2v) is 11.7. The van der Waals surface area contributed by atoms with Gasteiger partial charge in [0.05, 0.1) is 25.4 Å². The molecule has 0 spiro atoms. The highest BCUT2D eigenvalue weighted by molar-refractivity contribution is 7.99. The fraction of sp³-hybridized carbons (Fsp3) is 0.615. The van der Waals surface area contributed by atoms with Gasteiger partial charge in [-0.3, -0.25) is 0 Å². The first-order valence-electron chi connectivity index (χ1n) is 13.3. The number of rotatable bonds is 10. The number of anilines is 1. The van der Waals surface area contributed by atoms with Gasteiger partial charge in [-0.25, -0.2) is 23.4 Å². The molecular formula is C26H32F2N6O4S. The highest BCUT2D eigenvalue weighted by Gasteiger charge is 2.56. The summed E-state index contributed by atoms with van der Waals surface area (Å²) in [6.45, 7) is 5.96. The molecule has 13 heteroatoms. The lowest BCUT2D eigenvalue weighted by Gasteiger charge is -2.23. The molecule has 0 radical (unpaired) electrons. The van der Waals surface area contributed by atoms with Crippen molar-refractivity contribution in [2.24, 2.45) is 0 Å². The highest BCUT2D eigenvalue weighted by atomic mass is 32.2. The smallest absolute Gasteiger partial charge is 0.191 e. The van der Waals surface area contributed by atoms with E-state index < -0.39 is 17.4 Å². The van der Waals surface area contributed by atoms with Crippen LogP contribution in [0.3, 0.4) is 0 Å². The van der Waals surface area contributed by atoms with Crippen LogP contribution in [-0.2, 0) is 14.2 Å². The zero-order valence-corrected chi connectivity index (χ0v) is 22.8. The number of aliphatic hydroxyl groups is 1. The van der Waals surface area contributed by atoms with E-state index in [-0.39, 0.29) is 49.5 Å². The van der Waals surface area contributed by atoms with E-state index in [1.165, 1.54) is 6.07 Å². The van der Waals surface area contributed by atoms with Gasteiger partial charge in [-0.2, -0.15) is 0 Å². The molecule has 2 aromatic heterocycles. The minimum absolute atomic E-state index is 0.00150. The Labute approximate surface area is 228 Å². The van der Waals surface area contributed by atoms with Crippen LogP contribution in [0.5, 0.6) is 0 Å². The SMILES string of the molecule is CCCSc1nc(NC2CC2c2ccc(F)c(F)c2)c2nnn([C@@H]3C[C@H](OCCO)[C@H]4OC(C)(C)O[C@H]43)c2n1. The molecular weight excluding hydrogens is 530 g/mol. The molecule has 1 aliphatic heterocycles. The molecule has 6 rings (SSSR count). The van der Waals surface area contributed by atoms with Crippen LogP contribution in [0.2, 0.25) is 0 Å². The van der Waals surface area contributed by atoms with E-state index in [0.29, 0.717) is 28.6 Å². The van der Waals surface area contributed by atoms with Crippen molar-refractivity contribution in [2.45, 2.75) is 87.3 Å². The average molecular weight is 563 g/mol. The fourth-order valence-corrected chi connectivity index (χ4v) is 6.24. The third-order valence-electron chi connectivity index (χ3n) is 7.34. The maximum atomic E-state index is 13.8. The van der Waals surface area contributed by atoms with E-state index in [0.717, 1.165) is 30.2 Å². The lowest BCUT2D eigenvalue weighted by Crippen LogP contribution is -2.31. The summed E-state index contributed by atoms with van der Waals surface area (Å²) >= 11 is 1.55. The molecule has 1 aromatic carbocycles. The van der Waals surface area contributed by atoms with Crippen molar-refractivity contribution in [1.29, 1.82) is 0 Å². The zero-order chi connectivity index (χ0) is 27.3. The topological polar surface area (TPSA) is 116 Å². The molecule has 3 aliphatic rings. The number of hydrogen-bond donors (Lipinski definition) is 2. The predicted molar refractivity (Wildman–Crippen MR) is 140 cm³/mol. The summed E-state index contributed by atoms with van der Waals surface area (Å²) in [5, 5.41) is 22.3. The van der Waals surface area contributed by atoms with Gasteiger partial charge in [-0.15, -0.1) is 5.10 Å². The largest absolute Gasteiger partial charge is 0.394 e. The van der Waals surface area contributed by atoms with Gasteiger partial charge in [-0.05, 0) is 44.4 Å². The molecule has 10 nitrogen and oxygen atoms in total. The van der Waals surface area contributed by atoms with Crippen LogP contribution in [0.15, 0.2) is 23.4 Å². The standard InChI is InChI=1S/C26H32F2N6O4S/c1-4-9-39-25-30-23(29-17-11-14(17)13-5-6-15(27)16(28)10-13)20-24(31-25)34(33-32-20)18-12-19(36-8-7-35)22-21(18)37-26(2,3)38-22/h5-6,10,14,17-19,21-22,35H,4,7-9,11-12H2,1-3H3,(H,29,30,31)/t14?,17?,18-,19+,21+,22-/m1/s1. The highest BCUT2D eigenvalue weighted by Crippen LogP contribution is 2.46. The molecule has 210 valence electrons. The Bertz CT molecular complexity index is 1360. The molecule has 2 unspecified atom stereocenters. The number of hydrogen-bond acceptors (Lipinski definition) is 10. The van der Waals surface area contributed by atoms with Crippen molar-refractivity contribution in [1.82, 2.24) is 25.0 Å². The van der Waals surface area contributed by atoms with Gasteiger partial charge in [0.15, 0.2) is 39.6 Å². The Hall–Kier alpha value is -2.45. The molecule has 2 N–H and O–H groups in total. The molecule has 3 fully saturated rings. The van der Waals surface area contributed by atoms with E-state index in [1.54, 1.807) is 22.5 Å². The summed E-state index contributed by atoms with van der Waals surface area (Å²) < 4.78 is 47.4. The number of aromatic nitrogens is 5. The Morgan fingerprint density at radius 1 is 1.18 bits per heavy atom. The second kappa shape index (κ2) is 10.5. The van der Waals surface area contributed by atoms with E-state index in [2.05, 4.69) is 22.6 Å². The normalized spacial score (nSPS) is 29.2. The molecule has 0 amide bonds. The second-order valence-electron chi connectivity index (χ2n) is 10.7. The fourth-order valence-electron chi connectivity index (χ4n) is 5.55. The molecule has 3 heterocycles. The number of aliphatic hydroxyl groups excluding tert-OH is 1. The molecule has 1 saturated heterocycles. The van der Waals surface area contributed by atoms with Crippen LogP contribution in [0.25, 0.3) is 11.2 Å². The third-order valence-corrected chi connectivity index (χ3v) is 8.40. The summed E-state index contributed by atoms with van der Waals surface area (Å²) in [4.78, 5) is 9.57. The quantitative estimate of drug-likeness (QED) is 0.279. The summed E-state index contributed by atoms with van der Waals surface area (Å²) in [5.41, 5.74) is 1.85. The van der Waals surface area contributed by atoms with Gasteiger partial charge in [0.25, 0.3) is 0 Å². The van der Waals surface area contributed by atoms with Crippen LogP contribution >= 0.6 is 11.8 Å². The van der Waals surface area contributed by atoms with Crippen molar-refractivity contribution in [2.75, 3.05) is 24.3 Å². The molecule has 2 saturated carbocycles. The van der Waals surface area contributed by atoms with Crippen LogP contribution in [0.1, 0.15) is 57.6 Å². The van der Waals surface area contributed by atoms with Crippen molar-refractivity contribution < 1.29 is 28.1 Å². The number of thioether (sulfide) groups is 1. The Balaban J connectivity index is 1.31. The number of fused-ring (bicyclic) bond motifs is 2. The summed E-state index contributed by atoms with van der Waals surface area (Å²) in [5.74, 6) is -1.03. The van der Waals surface area contributed by atoms with Crippen molar-refractivity contribution in [3.63, 3.8) is 0 Å². The van der Waals surface area contributed by atoms with E-state index in [1.807, 2.05) is 13.8 Å². The van der Waals surface area contributed by atoms with Crippen molar-refractivity contribution in [3.05, 3.63) is 35.4 Å². The predicted octanol–water partition coefficient (Wildman–Crippen LogP) is 3.81. The van der Waals surface area contributed by atoms with Crippen LogP contribution in [0, 0.1) is 11.6 Å². The van der Waals surface area contributed by atoms with E-state index in [9.17, 15) is 13.9 Å². The first-order valence-corrected chi connectivity index (χ1v) is 14.3. The Morgan fingerprint density at radius 3 is 2.77 bits per heavy atom. The summed E-state index contributed by atoms with van der Waals surface area (Å²) in [6.07, 6.45) is 1.38. The molecule has 39 heavy (non-hydrogen) atoms. The first-order chi connectivity index (χ1) is 18.8. The van der Waals surface area contributed by atoms with Gasteiger partial charge in [0.2, 0.25) is 0 Å². The number of nitrogens with zero attached hydrogens (tertiary/aromatic N) is 5. The lowest BCUT2D eigenvalue weighted by molar-refractivity contribution is -0.171. The monoisotopic (exact) mass is 562 g/mol. The van der Waals surface area contributed by atoms with Crippen LogP contribution in [-0.4, -0.2) is 79.2 Å². The Morgan fingerprint density at radius 2 is 2.00 bits per heavy atom. The summed E-state index contributed by atoms with van der Waals surface area (Å²) in [7, 11) is 0. The van der Waals surface area contributed by atoms with Crippen LogP contribution in [0.4, 0.5) is 14.6 Å². The lowest BCUT2D eigenvalue weighted by atomic mass is 10.1. The Kier molecular flexibility index (Phi) is 7.21. The third kappa shape index (κ3) is 5.22. The van der Waals surface area contributed by atoms with Crippen LogP contribution < -0.4 is 5.32 Å². The van der Waals surface area contributed by atoms with Gasteiger partial charge in [0, 0.05) is 24.1 Å². The number of nitrogens with one attached hydrogen (secondary N) is 1. The van der Waals surface area contributed by atoms with E-state index >= 15 is 0 Å². The minimum atomic E-state index is -0.853. The maximum absolute atomic E-state index is 13.8. The number of halogens is 2. The number of benzene rings is 1. The van der Waals surface area contributed by atoms with Gasteiger partial charge >= 0.3 is 0 Å². The van der Waals surface area contributed by atoms with Gasteiger partial charge in [0.1, 0.15) is 12.2 Å². The van der Waals surface area contributed by atoms with E-state index in [4.69, 9.17) is 24.2 Å². The van der Waals surface area contributed by atoms with Gasteiger partial charge < -0.3 is 24.6 Å².